The lowest BCUT2D eigenvalue weighted by Crippen LogP contribution is -2.58. The van der Waals surface area contributed by atoms with Crippen molar-refractivity contribution in [1.82, 2.24) is 10.2 Å². The van der Waals surface area contributed by atoms with E-state index in [1.165, 1.54) is 0 Å². The maximum atomic E-state index is 12.3. The lowest BCUT2D eigenvalue weighted by Gasteiger charge is -2.39. The zero-order valence-corrected chi connectivity index (χ0v) is 11.2. The van der Waals surface area contributed by atoms with E-state index in [1.54, 1.807) is 24.3 Å². The molecule has 100 valence electrons. The lowest BCUT2D eigenvalue weighted by molar-refractivity contribution is 0.143. The summed E-state index contributed by atoms with van der Waals surface area (Å²) in [5.74, 6) is 0. The Balaban J connectivity index is 2.05. The fourth-order valence-corrected chi connectivity index (χ4v) is 2.35. The second kappa shape index (κ2) is 5.72. The van der Waals surface area contributed by atoms with Crippen LogP contribution in [-0.4, -0.2) is 36.1 Å². The molecule has 0 aliphatic carbocycles. The molecule has 1 aromatic rings. The van der Waals surface area contributed by atoms with Gasteiger partial charge in [0, 0.05) is 30.9 Å². The van der Waals surface area contributed by atoms with Gasteiger partial charge >= 0.3 is 6.03 Å². The normalized spacial score (nSPS) is 22.7. The Morgan fingerprint density at radius 3 is 2.42 bits per heavy atom. The zero-order chi connectivity index (χ0) is 13.8. The van der Waals surface area contributed by atoms with Crippen molar-refractivity contribution in [3.63, 3.8) is 0 Å². The van der Waals surface area contributed by atoms with Gasteiger partial charge in [-0.05, 0) is 38.1 Å². The third kappa shape index (κ3) is 3.04. The second-order valence-corrected chi connectivity index (χ2v) is 4.88. The highest BCUT2D eigenvalue weighted by atomic mass is 16.2. The van der Waals surface area contributed by atoms with Crippen LogP contribution in [0.4, 0.5) is 10.5 Å². The minimum absolute atomic E-state index is 0.0915. The molecule has 5 nitrogen and oxygen atoms in total. The van der Waals surface area contributed by atoms with Crippen LogP contribution in [0.15, 0.2) is 24.3 Å². The van der Waals surface area contributed by atoms with Crippen molar-refractivity contribution >= 4 is 11.7 Å². The van der Waals surface area contributed by atoms with Crippen LogP contribution in [0.2, 0.25) is 0 Å². The minimum Gasteiger partial charge on any atom is -0.317 e. The van der Waals surface area contributed by atoms with E-state index in [4.69, 9.17) is 5.26 Å². The molecule has 0 spiro atoms. The van der Waals surface area contributed by atoms with Crippen LogP contribution in [0.5, 0.6) is 0 Å². The number of carbonyl (C=O) groups is 1. The van der Waals surface area contributed by atoms with Gasteiger partial charge in [0.15, 0.2) is 0 Å². The number of hydrogen-bond donors (Lipinski definition) is 2. The van der Waals surface area contributed by atoms with E-state index < -0.39 is 0 Å². The molecular weight excluding hydrogens is 240 g/mol. The highest BCUT2D eigenvalue weighted by molar-refractivity contribution is 5.89. The maximum absolute atomic E-state index is 12.3. The molecule has 2 rings (SSSR count). The Kier molecular flexibility index (Phi) is 4.03. The molecule has 1 aliphatic rings. The summed E-state index contributed by atoms with van der Waals surface area (Å²) in [6.45, 7) is 5.68. The molecule has 5 heteroatoms. The van der Waals surface area contributed by atoms with Crippen molar-refractivity contribution in [2.45, 2.75) is 25.9 Å². The number of anilines is 1. The average Bonchev–Trinajstić information content (AvgIpc) is 2.39. The summed E-state index contributed by atoms with van der Waals surface area (Å²) in [6, 6.07) is 9.18. The minimum atomic E-state index is -0.0915. The standard InChI is InChI=1S/C14H18N4O/c1-10-8-16-9-11(2)18(10)14(19)17-13-5-3-12(7-15)4-6-13/h3-6,10-11,16H,8-9H2,1-2H3,(H,17,19). The van der Waals surface area contributed by atoms with E-state index in [-0.39, 0.29) is 18.1 Å². The van der Waals surface area contributed by atoms with Crippen molar-refractivity contribution in [2.24, 2.45) is 0 Å². The highest BCUT2D eigenvalue weighted by Crippen LogP contribution is 2.14. The third-order valence-corrected chi connectivity index (χ3v) is 3.33. The Morgan fingerprint density at radius 1 is 1.32 bits per heavy atom. The molecule has 2 atom stereocenters. The Morgan fingerprint density at radius 2 is 1.89 bits per heavy atom. The van der Waals surface area contributed by atoms with Crippen LogP contribution in [0, 0.1) is 11.3 Å². The maximum Gasteiger partial charge on any atom is 0.322 e. The van der Waals surface area contributed by atoms with Crippen LogP contribution in [0.3, 0.4) is 0 Å². The first-order chi connectivity index (χ1) is 9.11. The summed E-state index contributed by atoms with van der Waals surface area (Å²) in [4.78, 5) is 14.1. The Labute approximate surface area is 113 Å². The number of nitrogens with zero attached hydrogens (tertiary/aromatic N) is 2. The lowest BCUT2D eigenvalue weighted by atomic mass is 10.1. The summed E-state index contributed by atoms with van der Waals surface area (Å²) in [5, 5.41) is 14.9. The van der Waals surface area contributed by atoms with Crippen LogP contribution in [-0.2, 0) is 0 Å². The molecule has 0 saturated carbocycles. The van der Waals surface area contributed by atoms with E-state index in [0.29, 0.717) is 11.3 Å². The molecule has 1 fully saturated rings. The van der Waals surface area contributed by atoms with E-state index in [9.17, 15) is 4.79 Å². The van der Waals surface area contributed by atoms with Gasteiger partial charge in [0.1, 0.15) is 0 Å². The predicted octanol–water partition coefficient (Wildman–Crippen LogP) is 1.77. The number of amides is 2. The Hall–Kier alpha value is -2.06. The predicted molar refractivity (Wildman–Crippen MR) is 73.8 cm³/mol. The summed E-state index contributed by atoms with van der Waals surface area (Å²) in [5.41, 5.74) is 1.30. The number of benzene rings is 1. The monoisotopic (exact) mass is 258 g/mol. The van der Waals surface area contributed by atoms with Crippen molar-refractivity contribution in [2.75, 3.05) is 18.4 Å². The largest absolute Gasteiger partial charge is 0.322 e. The van der Waals surface area contributed by atoms with Gasteiger partial charge in [-0.2, -0.15) is 5.26 Å². The topological polar surface area (TPSA) is 68.2 Å². The molecular formula is C14H18N4O. The van der Waals surface area contributed by atoms with Gasteiger partial charge < -0.3 is 15.5 Å². The molecule has 1 heterocycles. The fourth-order valence-electron chi connectivity index (χ4n) is 2.35. The van der Waals surface area contributed by atoms with Gasteiger partial charge in [0.25, 0.3) is 0 Å². The summed E-state index contributed by atoms with van der Waals surface area (Å²) in [7, 11) is 0. The number of piperazine rings is 1. The fraction of sp³-hybridized carbons (Fsp3) is 0.429. The first-order valence-electron chi connectivity index (χ1n) is 6.42. The number of carbonyl (C=O) groups excluding carboxylic acids is 1. The number of hydrogen-bond acceptors (Lipinski definition) is 3. The van der Waals surface area contributed by atoms with Gasteiger partial charge in [0.2, 0.25) is 0 Å². The van der Waals surface area contributed by atoms with E-state index >= 15 is 0 Å². The van der Waals surface area contributed by atoms with E-state index in [1.807, 2.05) is 18.7 Å². The highest BCUT2D eigenvalue weighted by Gasteiger charge is 2.28. The van der Waals surface area contributed by atoms with E-state index in [2.05, 4.69) is 16.7 Å². The molecule has 2 N–H and O–H groups in total. The molecule has 0 aromatic heterocycles. The van der Waals surface area contributed by atoms with Gasteiger partial charge in [-0.3, -0.25) is 0 Å². The number of nitriles is 1. The molecule has 2 amide bonds. The zero-order valence-electron chi connectivity index (χ0n) is 11.2. The Bertz CT molecular complexity index is 481. The number of rotatable bonds is 1. The number of urea groups is 1. The van der Waals surface area contributed by atoms with Gasteiger partial charge in [-0.1, -0.05) is 0 Å². The summed E-state index contributed by atoms with van der Waals surface area (Å²) in [6.07, 6.45) is 0. The molecule has 1 saturated heterocycles. The average molecular weight is 258 g/mol. The molecule has 1 aliphatic heterocycles. The van der Waals surface area contributed by atoms with Crippen molar-refractivity contribution < 1.29 is 4.79 Å². The second-order valence-electron chi connectivity index (χ2n) is 4.88. The molecule has 1 aromatic carbocycles. The van der Waals surface area contributed by atoms with Crippen LogP contribution < -0.4 is 10.6 Å². The van der Waals surface area contributed by atoms with Gasteiger partial charge in [-0.15, -0.1) is 0 Å². The van der Waals surface area contributed by atoms with Crippen molar-refractivity contribution in [3.05, 3.63) is 29.8 Å². The quantitative estimate of drug-likeness (QED) is 0.806. The van der Waals surface area contributed by atoms with E-state index in [0.717, 1.165) is 13.1 Å². The summed E-state index contributed by atoms with van der Waals surface area (Å²) < 4.78 is 0. The van der Waals surface area contributed by atoms with Crippen molar-refractivity contribution in [1.29, 1.82) is 5.26 Å². The van der Waals surface area contributed by atoms with Crippen LogP contribution in [0.25, 0.3) is 0 Å². The van der Waals surface area contributed by atoms with Gasteiger partial charge in [-0.25, -0.2) is 4.79 Å². The van der Waals surface area contributed by atoms with Crippen LogP contribution >= 0.6 is 0 Å². The third-order valence-electron chi connectivity index (χ3n) is 3.33. The summed E-state index contributed by atoms with van der Waals surface area (Å²) >= 11 is 0. The van der Waals surface area contributed by atoms with Gasteiger partial charge in [0.05, 0.1) is 11.6 Å². The molecule has 0 bridgehead atoms. The SMILES string of the molecule is CC1CNCC(C)N1C(=O)Nc1ccc(C#N)cc1. The smallest absolute Gasteiger partial charge is 0.317 e. The molecule has 0 radical (unpaired) electrons. The first kappa shape index (κ1) is 13.4. The molecule has 19 heavy (non-hydrogen) atoms. The number of nitrogens with one attached hydrogen (secondary N) is 2. The first-order valence-corrected chi connectivity index (χ1v) is 6.42. The van der Waals surface area contributed by atoms with Crippen LogP contribution in [0.1, 0.15) is 19.4 Å². The van der Waals surface area contributed by atoms with Crippen molar-refractivity contribution in [3.8, 4) is 6.07 Å². The molecule has 2 unspecified atom stereocenters.